The van der Waals surface area contributed by atoms with Crippen molar-refractivity contribution in [2.24, 2.45) is 5.92 Å². The molecule has 6 heteroatoms. The van der Waals surface area contributed by atoms with Crippen LogP contribution in [-0.4, -0.2) is 44.2 Å². The van der Waals surface area contributed by atoms with E-state index >= 15 is 0 Å². The number of hydrogen-bond acceptors (Lipinski definition) is 5. The Morgan fingerprint density at radius 3 is 2.57 bits per heavy atom. The topological polar surface area (TPSA) is 80.7 Å². The van der Waals surface area contributed by atoms with E-state index in [2.05, 4.69) is 4.74 Å². The molecule has 0 aliphatic carbocycles. The predicted octanol–water partition coefficient (Wildman–Crippen LogP) is -0.655. The molecule has 0 aromatic heterocycles. The summed E-state index contributed by atoms with van der Waals surface area (Å²) in [7, 11) is -1.82. The fourth-order valence-electron chi connectivity index (χ4n) is 1.58. The molecule has 5 nitrogen and oxygen atoms in total. The molecule has 1 aliphatic rings. The predicted molar refractivity (Wildman–Crippen MR) is 49.4 cm³/mol. The van der Waals surface area contributed by atoms with Crippen LogP contribution in [0.4, 0.5) is 0 Å². The third-order valence-electron chi connectivity index (χ3n) is 2.38. The van der Waals surface area contributed by atoms with Crippen LogP contribution in [0.5, 0.6) is 0 Å². The lowest BCUT2D eigenvalue weighted by atomic mass is 10.0. The molecule has 1 heterocycles. The van der Waals surface area contributed by atoms with Crippen molar-refractivity contribution >= 4 is 15.8 Å². The van der Waals surface area contributed by atoms with Crippen LogP contribution < -0.4 is 0 Å². The first kappa shape index (κ1) is 11.5. The molecule has 1 rings (SSSR count). The van der Waals surface area contributed by atoms with E-state index in [4.69, 9.17) is 0 Å². The monoisotopic (exact) mass is 222 g/mol. The Balaban J connectivity index is 2.44. The maximum atomic E-state index is 11.1. The number of esters is 1. The molecular formula is C8H14O5S. The lowest BCUT2D eigenvalue weighted by molar-refractivity contribution is -0.141. The summed E-state index contributed by atoms with van der Waals surface area (Å²) in [6, 6.07) is 0. The summed E-state index contributed by atoms with van der Waals surface area (Å²) >= 11 is 0. The van der Waals surface area contributed by atoms with E-state index < -0.39 is 15.9 Å². The molecule has 0 spiro atoms. The average Bonchev–Trinajstić information content (AvgIpc) is 2.35. The van der Waals surface area contributed by atoms with Crippen molar-refractivity contribution in [3.05, 3.63) is 0 Å². The van der Waals surface area contributed by atoms with Crippen molar-refractivity contribution < 1.29 is 23.1 Å². The Morgan fingerprint density at radius 2 is 2.14 bits per heavy atom. The van der Waals surface area contributed by atoms with Gasteiger partial charge in [0.05, 0.1) is 24.7 Å². The van der Waals surface area contributed by atoms with Crippen molar-refractivity contribution in [1.29, 1.82) is 0 Å². The minimum atomic E-state index is -3.10. The first-order chi connectivity index (χ1) is 6.44. The molecule has 0 saturated carbocycles. The molecule has 1 fully saturated rings. The second-order valence-corrected chi connectivity index (χ2v) is 5.67. The summed E-state index contributed by atoms with van der Waals surface area (Å²) in [6.07, 6.45) is -0.300. The number of carbonyl (C=O) groups excluding carboxylic acids is 1. The average molecular weight is 222 g/mol. The van der Waals surface area contributed by atoms with Gasteiger partial charge in [0.25, 0.3) is 0 Å². The fraction of sp³-hybridized carbons (Fsp3) is 0.875. The Hall–Kier alpha value is -0.620. The molecule has 0 unspecified atom stereocenters. The Bertz CT molecular complexity index is 308. The molecule has 2 atom stereocenters. The van der Waals surface area contributed by atoms with Gasteiger partial charge in [0.15, 0.2) is 9.84 Å². The van der Waals surface area contributed by atoms with Gasteiger partial charge in [-0.3, -0.25) is 4.79 Å². The summed E-state index contributed by atoms with van der Waals surface area (Å²) in [5.74, 6) is -0.898. The van der Waals surface area contributed by atoms with Crippen molar-refractivity contribution in [3.8, 4) is 0 Å². The van der Waals surface area contributed by atoms with E-state index in [1.807, 2.05) is 0 Å². The summed E-state index contributed by atoms with van der Waals surface area (Å²) in [5.41, 5.74) is 0. The molecule has 82 valence electrons. The maximum Gasteiger partial charge on any atom is 0.305 e. The Labute approximate surface area is 83.0 Å². The molecule has 0 amide bonds. The second-order valence-electron chi connectivity index (χ2n) is 3.52. The molecule has 1 saturated heterocycles. The molecule has 0 aromatic carbocycles. The van der Waals surface area contributed by atoms with Crippen LogP contribution in [0.15, 0.2) is 0 Å². The number of aliphatic hydroxyl groups excluding tert-OH is 1. The summed E-state index contributed by atoms with van der Waals surface area (Å²) < 4.78 is 26.6. The van der Waals surface area contributed by atoms with Gasteiger partial charge in [0.2, 0.25) is 0 Å². The van der Waals surface area contributed by atoms with Gasteiger partial charge in [0.1, 0.15) is 0 Å². The first-order valence-corrected chi connectivity index (χ1v) is 6.22. The minimum absolute atomic E-state index is 0.0227. The number of methoxy groups -OCH3 is 1. The molecule has 0 radical (unpaired) electrons. The number of ether oxygens (including phenoxy) is 1. The van der Waals surface area contributed by atoms with Crippen LogP contribution in [0.25, 0.3) is 0 Å². The molecular weight excluding hydrogens is 208 g/mol. The summed E-state index contributed by atoms with van der Waals surface area (Å²) in [5, 5.41) is 9.38. The maximum absolute atomic E-state index is 11.1. The normalized spacial score (nSPS) is 30.1. The van der Waals surface area contributed by atoms with Gasteiger partial charge in [-0.25, -0.2) is 8.42 Å². The Morgan fingerprint density at radius 1 is 1.50 bits per heavy atom. The fourth-order valence-corrected chi connectivity index (χ4v) is 3.55. The summed E-state index contributed by atoms with van der Waals surface area (Å²) in [6.45, 7) is 0. The van der Waals surface area contributed by atoms with Crippen LogP contribution in [0.1, 0.15) is 12.8 Å². The zero-order valence-electron chi connectivity index (χ0n) is 7.97. The van der Waals surface area contributed by atoms with E-state index in [1.54, 1.807) is 0 Å². The Kier molecular flexibility index (Phi) is 3.49. The first-order valence-electron chi connectivity index (χ1n) is 4.40. The lowest BCUT2D eigenvalue weighted by Crippen LogP contribution is -2.18. The van der Waals surface area contributed by atoms with E-state index in [1.165, 1.54) is 7.11 Å². The summed E-state index contributed by atoms with van der Waals surface area (Å²) in [4.78, 5) is 10.8. The number of rotatable bonds is 3. The highest BCUT2D eigenvalue weighted by atomic mass is 32.2. The van der Waals surface area contributed by atoms with Gasteiger partial charge >= 0.3 is 5.97 Å². The molecule has 14 heavy (non-hydrogen) atoms. The van der Waals surface area contributed by atoms with Crippen molar-refractivity contribution in [1.82, 2.24) is 0 Å². The van der Waals surface area contributed by atoms with Crippen LogP contribution in [-0.2, 0) is 19.4 Å². The third-order valence-corrected chi connectivity index (χ3v) is 4.17. The van der Waals surface area contributed by atoms with E-state index in [0.717, 1.165) is 0 Å². The van der Waals surface area contributed by atoms with Gasteiger partial charge in [-0.15, -0.1) is 0 Å². The third kappa shape index (κ3) is 2.95. The zero-order valence-corrected chi connectivity index (χ0v) is 8.79. The molecule has 1 aliphatic heterocycles. The van der Waals surface area contributed by atoms with Gasteiger partial charge in [-0.2, -0.15) is 0 Å². The quantitative estimate of drug-likeness (QED) is 0.641. The van der Waals surface area contributed by atoms with E-state index in [0.29, 0.717) is 6.42 Å². The van der Waals surface area contributed by atoms with Crippen LogP contribution in [0, 0.1) is 5.92 Å². The highest BCUT2D eigenvalue weighted by Gasteiger charge is 2.36. The standard InChI is InChI=1S/C8H14O5S/c1-13-8(10)3-2-6-4-14(11,12)5-7(6)9/h6-7,9H,2-5H2,1H3/t6-,7+/m0/s1. The van der Waals surface area contributed by atoms with Gasteiger partial charge in [-0.05, 0) is 6.42 Å². The lowest BCUT2D eigenvalue weighted by Gasteiger charge is -2.10. The zero-order chi connectivity index (χ0) is 10.8. The van der Waals surface area contributed by atoms with Crippen LogP contribution in [0.3, 0.4) is 0 Å². The van der Waals surface area contributed by atoms with Gasteiger partial charge in [-0.1, -0.05) is 0 Å². The van der Waals surface area contributed by atoms with E-state index in [-0.39, 0.29) is 29.8 Å². The highest BCUT2D eigenvalue weighted by molar-refractivity contribution is 7.91. The van der Waals surface area contributed by atoms with Crippen molar-refractivity contribution in [3.63, 3.8) is 0 Å². The number of aliphatic hydroxyl groups is 1. The van der Waals surface area contributed by atoms with Crippen molar-refractivity contribution in [2.75, 3.05) is 18.6 Å². The van der Waals surface area contributed by atoms with Crippen LogP contribution in [0.2, 0.25) is 0 Å². The molecule has 1 N–H and O–H groups in total. The molecule has 0 bridgehead atoms. The number of sulfone groups is 1. The van der Waals surface area contributed by atoms with Crippen LogP contribution >= 0.6 is 0 Å². The van der Waals surface area contributed by atoms with Crippen molar-refractivity contribution in [2.45, 2.75) is 18.9 Å². The largest absolute Gasteiger partial charge is 0.469 e. The second kappa shape index (κ2) is 4.27. The number of hydrogen-bond donors (Lipinski definition) is 1. The van der Waals surface area contributed by atoms with Gasteiger partial charge in [0, 0.05) is 12.3 Å². The number of carbonyl (C=O) groups is 1. The smallest absolute Gasteiger partial charge is 0.305 e. The van der Waals surface area contributed by atoms with Gasteiger partial charge < -0.3 is 9.84 Å². The molecule has 0 aromatic rings. The minimum Gasteiger partial charge on any atom is -0.469 e. The SMILES string of the molecule is COC(=O)CC[C@H]1CS(=O)(=O)C[C@H]1O. The van der Waals surface area contributed by atoms with E-state index in [9.17, 15) is 18.3 Å². The highest BCUT2D eigenvalue weighted by Crippen LogP contribution is 2.23.